The number of ether oxygens (including phenoxy) is 1. The molecule has 6 heteroatoms. The Kier molecular flexibility index (Phi) is 7.26. The van der Waals surface area contributed by atoms with Crippen LogP contribution in [-0.4, -0.2) is 17.4 Å². The van der Waals surface area contributed by atoms with Crippen LogP contribution in [0.5, 0.6) is 11.5 Å². The minimum Gasteiger partial charge on any atom is -0.457 e. The maximum atomic E-state index is 12.8. The molecule has 0 bridgehead atoms. The minimum absolute atomic E-state index is 0.00843. The molecule has 4 nitrogen and oxygen atoms in total. The molecule has 0 saturated heterocycles. The van der Waals surface area contributed by atoms with E-state index >= 15 is 0 Å². The highest BCUT2D eigenvalue weighted by Crippen LogP contribution is 2.36. The summed E-state index contributed by atoms with van der Waals surface area (Å²) in [5.41, 5.74) is 2.99. The van der Waals surface area contributed by atoms with Crippen molar-refractivity contribution in [3.63, 3.8) is 0 Å². The molecule has 2 N–H and O–H groups in total. The Hall–Kier alpha value is -2.95. The zero-order chi connectivity index (χ0) is 23.4. The van der Waals surface area contributed by atoms with Gasteiger partial charge in [0.2, 0.25) is 5.91 Å². The van der Waals surface area contributed by atoms with Gasteiger partial charge in [-0.2, -0.15) is 0 Å². The van der Waals surface area contributed by atoms with Crippen LogP contribution in [0.3, 0.4) is 0 Å². The fraction of sp³-hybridized carbons (Fsp3) is 0.222. The Balaban J connectivity index is 1.68. The molecule has 4 aromatic rings. The molecular formula is C27H26Cl2N2O2. The molecule has 1 heterocycles. The third kappa shape index (κ3) is 5.89. The number of aromatic nitrogens is 1. The predicted octanol–water partition coefficient (Wildman–Crippen LogP) is 7.56. The van der Waals surface area contributed by atoms with E-state index in [1.54, 1.807) is 12.1 Å². The summed E-state index contributed by atoms with van der Waals surface area (Å²) in [5, 5.41) is 5.36. The monoisotopic (exact) mass is 480 g/mol. The maximum absolute atomic E-state index is 12.8. The second kappa shape index (κ2) is 10.3. The van der Waals surface area contributed by atoms with Gasteiger partial charge in [-0.3, -0.25) is 4.79 Å². The number of rotatable bonds is 8. The van der Waals surface area contributed by atoms with Crippen LogP contribution in [0.4, 0.5) is 0 Å². The van der Waals surface area contributed by atoms with Gasteiger partial charge >= 0.3 is 0 Å². The Bertz CT molecular complexity index is 1250. The quantitative estimate of drug-likeness (QED) is 0.273. The largest absolute Gasteiger partial charge is 0.457 e. The molecule has 33 heavy (non-hydrogen) atoms. The van der Waals surface area contributed by atoms with E-state index in [0.717, 1.165) is 22.0 Å². The number of amides is 1. The number of aromatic amines is 1. The fourth-order valence-corrected chi connectivity index (χ4v) is 4.12. The molecule has 0 aliphatic rings. The zero-order valence-corrected chi connectivity index (χ0v) is 20.1. The van der Waals surface area contributed by atoms with Gasteiger partial charge in [-0.1, -0.05) is 49.2 Å². The molecule has 0 aliphatic carbocycles. The average Bonchev–Trinajstić information content (AvgIpc) is 3.20. The van der Waals surface area contributed by atoms with Gasteiger partial charge < -0.3 is 15.0 Å². The summed E-state index contributed by atoms with van der Waals surface area (Å²) in [6.45, 7) is 4.80. The van der Waals surface area contributed by atoms with Crippen LogP contribution in [0.15, 0.2) is 72.9 Å². The van der Waals surface area contributed by atoms with Crippen LogP contribution in [-0.2, 0) is 4.79 Å². The Morgan fingerprint density at radius 1 is 0.970 bits per heavy atom. The van der Waals surface area contributed by atoms with Crippen LogP contribution in [0.25, 0.3) is 10.9 Å². The van der Waals surface area contributed by atoms with E-state index < -0.39 is 0 Å². The maximum Gasteiger partial charge on any atom is 0.220 e. The molecule has 1 atom stereocenters. The third-order valence-electron chi connectivity index (χ3n) is 5.46. The lowest BCUT2D eigenvalue weighted by Gasteiger charge is -2.19. The fourth-order valence-electron chi connectivity index (χ4n) is 3.82. The number of carbonyl (C=O) groups is 1. The van der Waals surface area contributed by atoms with E-state index in [2.05, 4.69) is 24.1 Å². The van der Waals surface area contributed by atoms with Crippen molar-refractivity contribution in [2.24, 2.45) is 5.92 Å². The smallest absolute Gasteiger partial charge is 0.220 e. The summed E-state index contributed by atoms with van der Waals surface area (Å²) in [7, 11) is 0. The number of hydrogen-bond donors (Lipinski definition) is 2. The van der Waals surface area contributed by atoms with E-state index in [4.69, 9.17) is 27.9 Å². The highest BCUT2D eigenvalue weighted by molar-refractivity contribution is 6.31. The van der Waals surface area contributed by atoms with Gasteiger partial charge in [0.25, 0.3) is 0 Å². The van der Waals surface area contributed by atoms with E-state index in [1.807, 2.05) is 60.8 Å². The van der Waals surface area contributed by atoms with Crippen molar-refractivity contribution >= 4 is 40.0 Å². The lowest BCUT2D eigenvalue weighted by atomic mass is 9.87. The molecule has 0 radical (unpaired) electrons. The molecule has 4 rings (SSSR count). The second-order valence-electron chi connectivity index (χ2n) is 8.52. The summed E-state index contributed by atoms with van der Waals surface area (Å²) < 4.78 is 6.04. The molecule has 170 valence electrons. The standard InChI is InChI=1S/C27H26Cl2N2O2/c1-17(2)15-31-27(32)14-23(25-16-30-26-11-8-20(29)13-24(25)26)18-4-3-5-22(12-18)33-21-9-6-19(28)7-10-21/h3-13,16-17,23,30H,14-15H2,1-2H3,(H,31,32)/t23-/m1/s1. The summed E-state index contributed by atoms with van der Waals surface area (Å²) in [4.78, 5) is 16.2. The van der Waals surface area contributed by atoms with Crippen LogP contribution in [0.1, 0.15) is 37.3 Å². The van der Waals surface area contributed by atoms with Gasteiger partial charge in [-0.15, -0.1) is 0 Å². The Labute approximate surface area is 203 Å². The number of benzene rings is 3. The summed E-state index contributed by atoms with van der Waals surface area (Å²) in [6, 6.07) is 20.8. The zero-order valence-electron chi connectivity index (χ0n) is 18.6. The van der Waals surface area contributed by atoms with Crippen molar-refractivity contribution < 1.29 is 9.53 Å². The first-order valence-electron chi connectivity index (χ1n) is 11.0. The molecule has 0 spiro atoms. The van der Waals surface area contributed by atoms with E-state index in [9.17, 15) is 4.79 Å². The molecule has 0 aliphatic heterocycles. The highest BCUT2D eigenvalue weighted by atomic mass is 35.5. The van der Waals surface area contributed by atoms with Gasteiger partial charge in [0, 0.05) is 46.0 Å². The second-order valence-corrected chi connectivity index (χ2v) is 9.39. The predicted molar refractivity (Wildman–Crippen MR) is 136 cm³/mol. The molecule has 0 fully saturated rings. The molecule has 1 amide bonds. The summed E-state index contributed by atoms with van der Waals surface area (Å²) >= 11 is 12.3. The normalized spacial score (nSPS) is 12.2. The van der Waals surface area contributed by atoms with Gasteiger partial charge in [-0.05, 0) is 71.6 Å². The average molecular weight is 481 g/mol. The Morgan fingerprint density at radius 2 is 1.73 bits per heavy atom. The first kappa shape index (κ1) is 23.2. The van der Waals surface area contributed by atoms with Crippen molar-refractivity contribution in [3.8, 4) is 11.5 Å². The van der Waals surface area contributed by atoms with Crippen LogP contribution in [0.2, 0.25) is 10.0 Å². The lowest BCUT2D eigenvalue weighted by Crippen LogP contribution is -2.28. The molecule has 1 aromatic heterocycles. The molecule has 0 unspecified atom stereocenters. The Morgan fingerprint density at radius 3 is 2.48 bits per heavy atom. The lowest BCUT2D eigenvalue weighted by molar-refractivity contribution is -0.121. The van der Waals surface area contributed by atoms with E-state index in [-0.39, 0.29) is 11.8 Å². The number of H-pyrrole nitrogens is 1. The molecule has 3 aromatic carbocycles. The summed E-state index contributed by atoms with van der Waals surface area (Å²) in [5.74, 6) is 1.62. The van der Waals surface area contributed by atoms with E-state index in [0.29, 0.717) is 40.4 Å². The van der Waals surface area contributed by atoms with Crippen molar-refractivity contribution in [1.82, 2.24) is 10.3 Å². The van der Waals surface area contributed by atoms with E-state index in [1.165, 1.54) is 0 Å². The van der Waals surface area contributed by atoms with Crippen molar-refractivity contribution in [2.75, 3.05) is 6.54 Å². The molecular weight excluding hydrogens is 455 g/mol. The van der Waals surface area contributed by atoms with Gasteiger partial charge in [0.05, 0.1) is 0 Å². The third-order valence-corrected chi connectivity index (χ3v) is 5.95. The van der Waals surface area contributed by atoms with Crippen molar-refractivity contribution in [2.45, 2.75) is 26.2 Å². The minimum atomic E-state index is -0.168. The van der Waals surface area contributed by atoms with Gasteiger partial charge in [-0.25, -0.2) is 0 Å². The number of fused-ring (bicyclic) bond motifs is 1. The van der Waals surface area contributed by atoms with Crippen LogP contribution < -0.4 is 10.1 Å². The van der Waals surface area contributed by atoms with Crippen molar-refractivity contribution in [3.05, 3.63) is 94.1 Å². The number of hydrogen-bond acceptors (Lipinski definition) is 2. The van der Waals surface area contributed by atoms with Gasteiger partial charge in [0.1, 0.15) is 11.5 Å². The topological polar surface area (TPSA) is 54.1 Å². The van der Waals surface area contributed by atoms with Crippen molar-refractivity contribution in [1.29, 1.82) is 0 Å². The van der Waals surface area contributed by atoms with Gasteiger partial charge in [0.15, 0.2) is 0 Å². The SMILES string of the molecule is CC(C)CNC(=O)C[C@H](c1cccc(Oc2ccc(Cl)cc2)c1)c1c[nH]c2ccc(Cl)cc12. The number of carbonyl (C=O) groups excluding carboxylic acids is 1. The first-order valence-corrected chi connectivity index (χ1v) is 11.7. The van der Waals surface area contributed by atoms with Crippen LogP contribution >= 0.6 is 23.2 Å². The first-order chi connectivity index (χ1) is 15.9. The summed E-state index contributed by atoms with van der Waals surface area (Å²) in [6.07, 6.45) is 2.28. The van der Waals surface area contributed by atoms with Crippen LogP contribution in [0, 0.1) is 5.92 Å². The highest BCUT2D eigenvalue weighted by Gasteiger charge is 2.22. The number of nitrogens with one attached hydrogen (secondary N) is 2. The number of halogens is 2. The molecule has 0 saturated carbocycles.